The van der Waals surface area contributed by atoms with Gasteiger partial charge in [0, 0.05) is 25.4 Å². The van der Waals surface area contributed by atoms with Crippen molar-refractivity contribution in [3.8, 4) is 0 Å². The molecule has 0 aromatic rings. The Morgan fingerprint density at radius 3 is 2.86 bits per heavy atom. The van der Waals surface area contributed by atoms with E-state index in [4.69, 9.17) is 5.73 Å². The fraction of sp³-hybridized carbons (Fsp3) is 0.778. The summed E-state index contributed by atoms with van der Waals surface area (Å²) in [5, 5.41) is 0.919. The molecule has 0 unspecified atom stereocenters. The van der Waals surface area contributed by atoms with Crippen LogP contribution in [0.25, 0.3) is 0 Å². The summed E-state index contributed by atoms with van der Waals surface area (Å²) < 4.78 is 0. The number of nitrogens with zero attached hydrogens (tertiary/aromatic N) is 2. The number of likely N-dealkylation sites (tertiary alicyclic amines) is 1. The van der Waals surface area contributed by atoms with E-state index in [9.17, 15) is 4.79 Å². The second kappa shape index (κ2) is 4.31. The Kier molecular flexibility index (Phi) is 3.08. The van der Waals surface area contributed by atoms with Crippen LogP contribution in [0.1, 0.15) is 12.8 Å². The van der Waals surface area contributed by atoms with Gasteiger partial charge in [-0.1, -0.05) is 0 Å². The van der Waals surface area contributed by atoms with Gasteiger partial charge in [0.2, 0.25) is 5.91 Å². The van der Waals surface area contributed by atoms with Crippen LogP contribution >= 0.6 is 11.8 Å². The number of amides is 1. The smallest absolute Gasteiger partial charge is 0.248 e. The first kappa shape index (κ1) is 9.98. The van der Waals surface area contributed by atoms with Crippen molar-refractivity contribution in [1.29, 1.82) is 0 Å². The molecule has 0 aliphatic carbocycles. The van der Waals surface area contributed by atoms with Gasteiger partial charge in [-0.25, -0.2) is 0 Å². The average molecular weight is 213 g/mol. The van der Waals surface area contributed by atoms with Gasteiger partial charge in [-0.15, -0.1) is 11.8 Å². The standard InChI is InChI=1S/C9H15N3OS/c10-5-8-11-7(6-14-8)9(13)12-3-1-2-4-12/h7H,1-6,10H2/t7-/m1/s1. The van der Waals surface area contributed by atoms with Crippen LogP contribution < -0.4 is 5.73 Å². The van der Waals surface area contributed by atoms with Gasteiger partial charge >= 0.3 is 0 Å². The van der Waals surface area contributed by atoms with Gasteiger partial charge < -0.3 is 10.6 Å². The molecular formula is C9H15N3OS. The van der Waals surface area contributed by atoms with E-state index in [-0.39, 0.29) is 11.9 Å². The molecule has 2 rings (SSSR count). The van der Waals surface area contributed by atoms with Crippen molar-refractivity contribution < 1.29 is 4.79 Å². The molecule has 1 saturated heterocycles. The normalized spacial score (nSPS) is 26.8. The van der Waals surface area contributed by atoms with Gasteiger partial charge in [0.05, 0.1) is 5.04 Å². The predicted molar refractivity (Wildman–Crippen MR) is 58.5 cm³/mol. The van der Waals surface area contributed by atoms with Crippen LogP contribution in [0.2, 0.25) is 0 Å². The lowest BCUT2D eigenvalue weighted by molar-refractivity contribution is -0.130. The van der Waals surface area contributed by atoms with E-state index >= 15 is 0 Å². The molecule has 1 atom stereocenters. The third-order valence-electron chi connectivity index (χ3n) is 2.59. The number of thioether (sulfide) groups is 1. The molecule has 78 valence electrons. The van der Waals surface area contributed by atoms with Crippen LogP contribution in [-0.4, -0.2) is 47.3 Å². The van der Waals surface area contributed by atoms with E-state index in [1.807, 2.05) is 4.90 Å². The summed E-state index contributed by atoms with van der Waals surface area (Å²) in [6.45, 7) is 2.29. The lowest BCUT2D eigenvalue weighted by Gasteiger charge is -2.17. The molecule has 4 nitrogen and oxygen atoms in total. The number of hydrogen-bond acceptors (Lipinski definition) is 4. The Bertz CT molecular complexity index is 261. The molecule has 1 fully saturated rings. The zero-order valence-electron chi connectivity index (χ0n) is 8.11. The average Bonchev–Trinajstić information content (AvgIpc) is 2.88. The first-order valence-electron chi connectivity index (χ1n) is 4.99. The summed E-state index contributed by atoms with van der Waals surface area (Å²) in [6.07, 6.45) is 2.28. The van der Waals surface area contributed by atoms with Gasteiger partial charge in [-0.05, 0) is 12.8 Å². The predicted octanol–water partition coefficient (Wildman–Crippen LogP) is 0.0814. The second-order valence-corrected chi connectivity index (χ2v) is 4.68. The third kappa shape index (κ3) is 1.93. The van der Waals surface area contributed by atoms with Crippen molar-refractivity contribution in [3.63, 3.8) is 0 Å². The zero-order chi connectivity index (χ0) is 9.97. The SMILES string of the molecule is NCC1=N[C@@H](C(=O)N2CCCC2)CS1. The maximum Gasteiger partial charge on any atom is 0.248 e. The molecule has 2 heterocycles. The molecular weight excluding hydrogens is 198 g/mol. The summed E-state index contributed by atoms with van der Waals surface area (Å²) >= 11 is 1.62. The highest BCUT2D eigenvalue weighted by molar-refractivity contribution is 8.14. The van der Waals surface area contributed by atoms with Crippen LogP contribution in [-0.2, 0) is 4.79 Å². The van der Waals surface area contributed by atoms with Crippen molar-refractivity contribution in [3.05, 3.63) is 0 Å². The molecule has 2 N–H and O–H groups in total. The van der Waals surface area contributed by atoms with Gasteiger partial charge in [0.25, 0.3) is 0 Å². The molecule has 0 saturated carbocycles. The van der Waals surface area contributed by atoms with Crippen LogP contribution in [0.5, 0.6) is 0 Å². The van der Waals surface area contributed by atoms with Gasteiger partial charge in [0.1, 0.15) is 6.04 Å². The van der Waals surface area contributed by atoms with Crippen LogP contribution in [0.3, 0.4) is 0 Å². The minimum Gasteiger partial charge on any atom is -0.341 e. The Labute approximate surface area is 87.9 Å². The number of hydrogen-bond donors (Lipinski definition) is 1. The van der Waals surface area contributed by atoms with Gasteiger partial charge in [-0.2, -0.15) is 0 Å². The molecule has 2 aliphatic rings. The maximum atomic E-state index is 11.9. The lowest BCUT2D eigenvalue weighted by atomic mass is 10.3. The minimum atomic E-state index is -0.156. The van der Waals surface area contributed by atoms with Crippen LogP contribution in [0.15, 0.2) is 4.99 Å². The summed E-state index contributed by atoms with van der Waals surface area (Å²) in [7, 11) is 0. The summed E-state index contributed by atoms with van der Waals surface area (Å²) in [5.74, 6) is 0.973. The van der Waals surface area contributed by atoms with Crippen molar-refractivity contribution in [2.45, 2.75) is 18.9 Å². The van der Waals surface area contributed by atoms with Gasteiger partial charge in [-0.3, -0.25) is 9.79 Å². The largest absolute Gasteiger partial charge is 0.341 e. The Balaban J connectivity index is 1.95. The number of aliphatic imine (C=N–C) groups is 1. The number of carbonyl (C=O) groups excluding carboxylic acids is 1. The van der Waals surface area contributed by atoms with Crippen molar-refractivity contribution >= 4 is 22.7 Å². The molecule has 0 radical (unpaired) electrons. The molecule has 2 aliphatic heterocycles. The summed E-state index contributed by atoms with van der Waals surface area (Å²) in [5.41, 5.74) is 5.47. The lowest BCUT2D eigenvalue weighted by Crippen LogP contribution is -2.36. The number of rotatable bonds is 2. The molecule has 0 spiro atoms. The highest BCUT2D eigenvalue weighted by Gasteiger charge is 2.29. The van der Waals surface area contributed by atoms with Crippen molar-refractivity contribution in [2.24, 2.45) is 10.7 Å². The zero-order valence-corrected chi connectivity index (χ0v) is 8.92. The monoisotopic (exact) mass is 213 g/mol. The molecule has 14 heavy (non-hydrogen) atoms. The first-order chi connectivity index (χ1) is 6.81. The summed E-state index contributed by atoms with van der Waals surface area (Å²) in [6, 6.07) is -0.156. The highest BCUT2D eigenvalue weighted by atomic mass is 32.2. The fourth-order valence-corrected chi connectivity index (χ4v) is 2.70. The molecule has 0 aromatic heterocycles. The quantitative estimate of drug-likeness (QED) is 0.707. The Morgan fingerprint density at radius 1 is 1.57 bits per heavy atom. The Morgan fingerprint density at radius 2 is 2.29 bits per heavy atom. The van der Waals surface area contributed by atoms with E-state index in [2.05, 4.69) is 4.99 Å². The highest BCUT2D eigenvalue weighted by Crippen LogP contribution is 2.20. The fourth-order valence-electron chi connectivity index (χ4n) is 1.81. The van der Waals surface area contributed by atoms with Crippen LogP contribution in [0, 0.1) is 0 Å². The van der Waals surface area contributed by atoms with E-state index < -0.39 is 0 Å². The minimum absolute atomic E-state index is 0.156. The third-order valence-corrected chi connectivity index (χ3v) is 3.67. The van der Waals surface area contributed by atoms with E-state index in [0.717, 1.165) is 36.7 Å². The van der Waals surface area contributed by atoms with Crippen LogP contribution in [0.4, 0.5) is 0 Å². The van der Waals surface area contributed by atoms with Gasteiger partial charge in [0.15, 0.2) is 0 Å². The number of nitrogens with two attached hydrogens (primary N) is 1. The maximum absolute atomic E-state index is 11.9. The van der Waals surface area contributed by atoms with E-state index in [1.165, 1.54) is 0 Å². The second-order valence-electron chi connectivity index (χ2n) is 3.59. The van der Waals surface area contributed by atoms with Crippen molar-refractivity contribution in [1.82, 2.24) is 4.90 Å². The molecule has 0 aromatic carbocycles. The first-order valence-corrected chi connectivity index (χ1v) is 5.98. The van der Waals surface area contributed by atoms with Crippen molar-refractivity contribution in [2.75, 3.05) is 25.4 Å². The topological polar surface area (TPSA) is 58.7 Å². The van der Waals surface area contributed by atoms with E-state index in [0.29, 0.717) is 6.54 Å². The Hall–Kier alpha value is -0.550. The molecule has 1 amide bonds. The number of carbonyl (C=O) groups is 1. The molecule has 5 heteroatoms. The molecule has 0 bridgehead atoms. The van der Waals surface area contributed by atoms with E-state index in [1.54, 1.807) is 11.8 Å². The summed E-state index contributed by atoms with van der Waals surface area (Å²) in [4.78, 5) is 18.1.